The van der Waals surface area contributed by atoms with Crippen LogP contribution in [0.5, 0.6) is 0 Å². The predicted molar refractivity (Wildman–Crippen MR) is 74.9 cm³/mol. The summed E-state index contributed by atoms with van der Waals surface area (Å²) >= 11 is 0. The summed E-state index contributed by atoms with van der Waals surface area (Å²) in [5.74, 6) is -0.548. The topological polar surface area (TPSA) is 29.1 Å². The lowest BCUT2D eigenvalue weighted by molar-refractivity contribution is 0.102. The summed E-state index contributed by atoms with van der Waals surface area (Å²) in [4.78, 5) is 12.1. The predicted octanol–water partition coefficient (Wildman–Crippen LogP) is 3.95. The second-order valence-corrected chi connectivity index (χ2v) is 4.47. The van der Waals surface area contributed by atoms with Crippen LogP contribution in [0.2, 0.25) is 0 Å². The number of hydrogen-bond donors (Lipinski definition) is 1. The first-order valence-corrected chi connectivity index (χ1v) is 6.26. The van der Waals surface area contributed by atoms with Gasteiger partial charge >= 0.3 is 0 Å². The molecule has 1 amide bonds. The molecule has 0 aliphatic heterocycles. The Balaban J connectivity index is 2.20. The van der Waals surface area contributed by atoms with Crippen LogP contribution in [-0.4, -0.2) is 5.91 Å². The molecule has 1 N–H and O–H groups in total. The lowest BCUT2D eigenvalue weighted by Gasteiger charge is -2.08. The summed E-state index contributed by atoms with van der Waals surface area (Å²) in [5.41, 5.74) is 3.04. The molecule has 0 aromatic heterocycles. The average Bonchev–Trinajstić information content (AvgIpc) is 2.38. The number of carbonyl (C=O) groups is 1. The van der Waals surface area contributed by atoms with Crippen LogP contribution in [0.25, 0.3) is 0 Å². The van der Waals surface area contributed by atoms with E-state index in [1.165, 1.54) is 18.2 Å². The lowest BCUT2D eigenvalue weighted by atomic mass is 10.1. The molecule has 19 heavy (non-hydrogen) atoms. The van der Waals surface area contributed by atoms with Crippen LogP contribution in [0.15, 0.2) is 42.5 Å². The molecular formula is C16H16FNO. The van der Waals surface area contributed by atoms with Gasteiger partial charge in [-0.3, -0.25) is 4.79 Å². The Morgan fingerprint density at radius 3 is 2.68 bits per heavy atom. The highest BCUT2D eigenvalue weighted by atomic mass is 19.1. The third-order valence-electron chi connectivity index (χ3n) is 3.03. The monoisotopic (exact) mass is 257 g/mol. The smallest absolute Gasteiger partial charge is 0.255 e. The van der Waals surface area contributed by atoms with Crippen LogP contribution in [0.3, 0.4) is 0 Å². The second-order valence-electron chi connectivity index (χ2n) is 4.47. The third-order valence-corrected chi connectivity index (χ3v) is 3.03. The molecule has 0 saturated carbocycles. The van der Waals surface area contributed by atoms with E-state index in [4.69, 9.17) is 0 Å². The van der Waals surface area contributed by atoms with E-state index in [0.29, 0.717) is 11.1 Å². The fourth-order valence-corrected chi connectivity index (χ4v) is 1.95. The van der Waals surface area contributed by atoms with Crippen molar-refractivity contribution in [3.63, 3.8) is 0 Å². The van der Waals surface area contributed by atoms with E-state index < -0.39 is 0 Å². The first-order valence-electron chi connectivity index (χ1n) is 6.26. The van der Waals surface area contributed by atoms with Gasteiger partial charge in [-0.15, -0.1) is 0 Å². The molecule has 0 bridgehead atoms. The Bertz CT molecular complexity index is 607. The van der Waals surface area contributed by atoms with Crippen LogP contribution in [-0.2, 0) is 6.42 Å². The van der Waals surface area contributed by atoms with Crippen molar-refractivity contribution >= 4 is 11.6 Å². The zero-order valence-electron chi connectivity index (χ0n) is 11.0. The molecule has 2 aromatic carbocycles. The Kier molecular flexibility index (Phi) is 3.95. The number of anilines is 1. The van der Waals surface area contributed by atoms with Crippen LogP contribution < -0.4 is 5.32 Å². The fraction of sp³-hybridized carbons (Fsp3) is 0.188. The highest BCUT2D eigenvalue weighted by Gasteiger charge is 2.09. The highest BCUT2D eigenvalue weighted by Crippen LogP contribution is 2.15. The summed E-state index contributed by atoms with van der Waals surface area (Å²) in [7, 11) is 0. The molecule has 0 spiro atoms. The molecule has 0 aliphatic rings. The van der Waals surface area contributed by atoms with E-state index >= 15 is 0 Å². The van der Waals surface area contributed by atoms with Crippen molar-refractivity contribution in [1.82, 2.24) is 0 Å². The molecule has 2 rings (SSSR count). The molecule has 0 unspecified atom stereocenters. The van der Waals surface area contributed by atoms with E-state index in [1.54, 1.807) is 6.92 Å². The maximum Gasteiger partial charge on any atom is 0.255 e. The van der Waals surface area contributed by atoms with E-state index in [1.807, 2.05) is 24.3 Å². The van der Waals surface area contributed by atoms with Crippen LogP contribution >= 0.6 is 0 Å². The summed E-state index contributed by atoms with van der Waals surface area (Å²) in [6, 6.07) is 11.9. The molecule has 0 atom stereocenters. The molecule has 2 nitrogen and oxygen atoms in total. The summed E-state index contributed by atoms with van der Waals surface area (Å²) in [6.07, 6.45) is 0.916. The SMILES string of the molecule is CCc1cccc(NC(=O)c2ccc(F)cc2C)c1. The Morgan fingerprint density at radius 2 is 2.00 bits per heavy atom. The Morgan fingerprint density at radius 1 is 1.21 bits per heavy atom. The van der Waals surface area contributed by atoms with E-state index in [9.17, 15) is 9.18 Å². The van der Waals surface area contributed by atoms with Crippen LogP contribution in [0.1, 0.15) is 28.4 Å². The lowest BCUT2D eigenvalue weighted by Crippen LogP contribution is -2.13. The molecule has 0 aliphatic carbocycles. The molecule has 3 heteroatoms. The maximum atomic E-state index is 13.0. The van der Waals surface area contributed by atoms with E-state index in [0.717, 1.165) is 17.7 Å². The van der Waals surface area contributed by atoms with Crippen molar-refractivity contribution in [2.75, 3.05) is 5.32 Å². The van der Waals surface area contributed by atoms with Crippen LogP contribution in [0.4, 0.5) is 10.1 Å². The van der Waals surface area contributed by atoms with Crippen molar-refractivity contribution in [2.24, 2.45) is 0 Å². The fourth-order valence-electron chi connectivity index (χ4n) is 1.95. The Labute approximate surface area is 112 Å². The van der Waals surface area contributed by atoms with E-state index in [-0.39, 0.29) is 11.7 Å². The standard InChI is InChI=1S/C16H16FNO/c1-3-12-5-4-6-14(10-12)18-16(19)15-8-7-13(17)9-11(15)2/h4-10H,3H2,1-2H3,(H,18,19). The Hall–Kier alpha value is -2.16. The number of halogens is 1. The zero-order valence-corrected chi connectivity index (χ0v) is 11.0. The van der Waals surface area contributed by atoms with Gasteiger partial charge in [-0.05, 0) is 54.8 Å². The van der Waals surface area contributed by atoms with Crippen molar-refractivity contribution in [1.29, 1.82) is 0 Å². The van der Waals surface area contributed by atoms with Gasteiger partial charge in [0, 0.05) is 11.3 Å². The summed E-state index contributed by atoms with van der Waals surface area (Å²) in [6.45, 7) is 3.78. The minimum absolute atomic E-state index is 0.217. The largest absolute Gasteiger partial charge is 0.322 e. The first kappa shape index (κ1) is 13.3. The van der Waals surface area contributed by atoms with Crippen LogP contribution in [0, 0.1) is 12.7 Å². The number of benzene rings is 2. The minimum atomic E-state index is -0.331. The second kappa shape index (κ2) is 5.65. The van der Waals surface area contributed by atoms with Crippen molar-refractivity contribution in [3.05, 3.63) is 65.0 Å². The number of rotatable bonds is 3. The molecule has 0 saturated heterocycles. The van der Waals surface area contributed by atoms with Gasteiger partial charge in [-0.1, -0.05) is 19.1 Å². The van der Waals surface area contributed by atoms with Gasteiger partial charge in [0.05, 0.1) is 0 Å². The highest BCUT2D eigenvalue weighted by molar-refractivity contribution is 6.05. The third kappa shape index (κ3) is 3.19. The van der Waals surface area contributed by atoms with Gasteiger partial charge in [0.2, 0.25) is 0 Å². The van der Waals surface area contributed by atoms with Crippen molar-refractivity contribution < 1.29 is 9.18 Å². The first-order chi connectivity index (χ1) is 9.10. The molecule has 0 fully saturated rings. The quantitative estimate of drug-likeness (QED) is 0.886. The molecular weight excluding hydrogens is 241 g/mol. The average molecular weight is 257 g/mol. The van der Waals surface area contributed by atoms with Crippen molar-refractivity contribution in [3.8, 4) is 0 Å². The van der Waals surface area contributed by atoms with Gasteiger partial charge < -0.3 is 5.32 Å². The minimum Gasteiger partial charge on any atom is -0.322 e. The molecule has 2 aromatic rings. The van der Waals surface area contributed by atoms with Gasteiger partial charge in [0.25, 0.3) is 5.91 Å². The normalized spacial score (nSPS) is 10.3. The molecule has 98 valence electrons. The van der Waals surface area contributed by atoms with Gasteiger partial charge in [0.15, 0.2) is 0 Å². The number of aryl methyl sites for hydroxylation is 2. The van der Waals surface area contributed by atoms with Gasteiger partial charge in [-0.25, -0.2) is 4.39 Å². The molecule has 0 heterocycles. The maximum absolute atomic E-state index is 13.0. The molecule has 0 radical (unpaired) electrons. The summed E-state index contributed by atoms with van der Waals surface area (Å²) < 4.78 is 13.0. The van der Waals surface area contributed by atoms with Gasteiger partial charge in [0.1, 0.15) is 5.82 Å². The van der Waals surface area contributed by atoms with E-state index in [2.05, 4.69) is 12.2 Å². The zero-order chi connectivity index (χ0) is 13.8. The number of nitrogens with one attached hydrogen (secondary N) is 1. The number of hydrogen-bond acceptors (Lipinski definition) is 1. The van der Waals surface area contributed by atoms with Gasteiger partial charge in [-0.2, -0.15) is 0 Å². The number of carbonyl (C=O) groups excluding carboxylic acids is 1. The summed E-state index contributed by atoms with van der Waals surface area (Å²) in [5, 5.41) is 2.83. The number of amides is 1. The van der Waals surface area contributed by atoms with Crippen molar-refractivity contribution in [2.45, 2.75) is 20.3 Å².